The van der Waals surface area contributed by atoms with Crippen LogP contribution in [0.25, 0.3) is 11.1 Å². The SMILES string of the molecule is CCCCC(=O)N(Cc1ccc(-c2ccccc2C#N)cc1)C1CCC(C(=O)OCC)CC1. The van der Waals surface area contributed by atoms with Crippen LogP contribution in [-0.2, 0) is 20.9 Å². The first-order valence-electron chi connectivity index (χ1n) is 12.1. The monoisotopic (exact) mass is 446 g/mol. The van der Waals surface area contributed by atoms with E-state index in [1.54, 1.807) is 0 Å². The molecule has 174 valence electrons. The maximum Gasteiger partial charge on any atom is 0.308 e. The van der Waals surface area contributed by atoms with Gasteiger partial charge in [-0.3, -0.25) is 9.59 Å². The zero-order chi connectivity index (χ0) is 23.6. The Hall–Kier alpha value is -3.13. The summed E-state index contributed by atoms with van der Waals surface area (Å²) in [6.07, 6.45) is 5.63. The molecule has 0 aromatic heterocycles. The largest absolute Gasteiger partial charge is 0.466 e. The second-order valence-electron chi connectivity index (χ2n) is 8.74. The third kappa shape index (κ3) is 6.44. The third-order valence-electron chi connectivity index (χ3n) is 6.49. The van der Waals surface area contributed by atoms with Crippen LogP contribution in [0.5, 0.6) is 0 Å². The van der Waals surface area contributed by atoms with Gasteiger partial charge in [0.2, 0.25) is 5.91 Å². The van der Waals surface area contributed by atoms with E-state index in [2.05, 4.69) is 13.0 Å². The lowest BCUT2D eigenvalue weighted by Crippen LogP contribution is -2.42. The summed E-state index contributed by atoms with van der Waals surface area (Å²) in [5.41, 5.74) is 3.64. The molecule has 0 atom stereocenters. The van der Waals surface area contributed by atoms with Gasteiger partial charge in [-0.05, 0) is 61.8 Å². The molecule has 0 heterocycles. The van der Waals surface area contributed by atoms with Gasteiger partial charge in [-0.25, -0.2) is 0 Å². The average molecular weight is 447 g/mol. The van der Waals surface area contributed by atoms with E-state index in [0.29, 0.717) is 25.1 Å². The molecule has 5 nitrogen and oxygen atoms in total. The first-order chi connectivity index (χ1) is 16.1. The Kier molecular flexibility index (Phi) is 9.06. The highest BCUT2D eigenvalue weighted by Gasteiger charge is 2.32. The van der Waals surface area contributed by atoms with E-state index < -0.39 is 0 Å². The van der Waals surface area contributed by atoms with Crippen LogP contribution in [-0.4, -0.2) is 29.4 Å². The number of ether oxygens (including phenoxy) is 1. The number of hydrogen-bond donors (Lipinski definition) is 0. The van der Waals surface area contributed by atoms with Gasteiger partial charge in [-0.15, -0.1) is 0 Å². The van der Waals surface area contributed by atoms with Crippen molar-refractivity contribution in [2.45, 2.75) is 71.4 Å². The second-order valence-corrected chi connectivity index (χ2v) is 8.74. The molecule has 0 aliphatic heterocycles. The van der Waals surface area contributed by atoms with Gasteiger partial charge in [-0.1, -0.05) is 55.8 Å². The number of carbonyl (C=O) groups is 2. The number of benzene rings is 2. The summed E-state index contributed by atoms with van der Waals surface area (Å²) >= 11 is 0. The number of hydrogen-bond acceptors (Lipinski definition) is 4. The molecule has 0 saturated heterocycles. The lowest BCUT2D eigenvalue weighted by Gasteiger charge is -2.36. The van der Waals surface area contributed by atoms with Crippen LogP contribution in [0, 0.1) is 17.2 Å². The minimum Gasteiger partial charge on any atom is -0.466 e. The molecule has 3 rings (SSSR count). The zero-order valence-electron chi connectivity index (χ0n) is 19.8. The number of nitrogens with zero attached hydrogens (tertiary/aromatic N) is 2. The Balaban J connectivity index is 1.72. The highest BCUT2D eigenvalue weighted by atomic mass is 16.5. The lowest BCUT2D eigenvalue weighted by atomic mass is 9.85. The van der Waals surface area contributed by atoms with Gasteiger partial charge in [0.15, 0.2) is 0 Å². The highest BCUT2D eigenvalue weighted by molar-refractivity contribution is 5.77. The van der Waals surface area contributed by atoms with Gasteiger partial charge in [-0.2, -0.15) is 5.26 Å². The van der Waals surface area contributed by atoms with E-state index >= 15 is 0 Å². The van der Waals surface area contributed by atoms with Crippen molar-refractivity contribution in [3.8, 4) is 17.2 Å². The van der Waals surface area contributed by atoms with Crippen molar-refractivity contribution < 1.29 is 14.3 Å². The Morgan fingerprint density at radius 2 is 1.73 bits per heavy atom. The summed E-state index contributed by atoms with van der Waals surface area (Å²) in [6, 6.07) is 18.1. The molecule has 0 radical (unpaired) electrons. The number of rotatable bonds is 9. The van der Waals surface area contributed by atoms with Crippen molar-refractivity contribution in [1.29, 1.82) is 5.26 Å². The predicted molar refractivity (Wildman–Crippen MR) is 129 cm³/mol. The maximum absolute atomic E-state index is 13.1. The molecule has 1 saturated carbocycles. The van der Waals surface area contributed by atoms with Crippen molar-refractivity contribution in [3.05, 3.63) is 59.7 Å². The molecule has 33 heavy (non-hydrogen) atoms. The molecule has 1 amide bonds. The first kappa shape index (κ1) is 24.5. The van der Waals surface area contributed by atoms with Gasteiger partial charge in [0, 0.05) is 19.0 Å². The van der Waals surface area contributed by atoms with E-state index in [-0.39, 0.29) is 23.8 Å². The summed E-state index contributed by atoms with van der Waals surface area (Å²) in [7, 11) is 0. The Labute approximate surface area is 197 Å². The summed E-state index contributed by atoms with van der Waals surface area (Å²) in [4.78, 5) is 27.2. The smallest absolute Gasteiger partial charge is 0.308 e. The fourth-order valence-electron chi connectivity index (χ4n) is 4.59. The minimum atomic E-state index is -0.104. The zero-order valence-corrected chi connectivity index (χ0v) is 19.8. The normalized spacial score (nSPS) is 17.7. The number of esters is 1. The fraction of sp³-hybridized carbons (Fsp3) is 0.464. The third-order valence-corrected chi connectivity index (χ3v) is 6.49. The number of nitriles is 1. The predicted octanol–water partition coefficient (Wildman–Crippen LogP) is 5.87. The Morgan fingerprint density at radius 1 is 1.03 bits per heavy atom. The second kappa shape index (κ2) is 12.2. The van der Waals surface area contributed by atoms with E-state index in [1.807, 2.05) is 60.4 Å². The highest BCUT2D eigenvalue weighted by Crippen LogP contribution is 2.31. The Morgan fingerprint density at radius 3 is 2.36 bits per heavy atom. The van der Waals surface area contributed by atoms with E-state index in [1.165, 1.54) is 0 Å². The standard InChI is InChI=1S/C28H34N2O3/c1-3-5-10-27(31)30(25-17-15-23(16-18-25)28(32)33-4-2)20-21-11-13-22(14-12-21)26-9-7-6-8-24(26)19-29/h6-9,11-14,23,25H,3-5,10,15-18,20H2,1-2H3. The van der Waals surface area contributed by atoms with Crippen LogP contribution < -0.4 is 0 Å². The van der Waals surface area contributed by atoms with Crippen LogP contribution in [0.4, 0.5) is 0 Å². The average Bonchev–Trinajstić information content (AvgIpc) is 2.86. The van der Waals surface area contributed by atoms with Crippen LogP contribution in [0.15, 0.2) is 48.5 Å². The van der Waals surface area contributed by atoms with Crippen molar-refractivity contribution in [2.24, 2.45) is 5.92 Å². The molecule has 2 aromatic carbocycles. The van der Waals surface area contributed by atoms with Crippen molar-refractivity contribution in [3.63, 3.8) is 0 Å². The van der Waals surface area contributed by atoms with Gasteiger partial charge in [0.05, 0.1) is 24.2 Å². The van der Waals surface area contributed by atoms with Gasteiger partial charge in [0.1, 0.15) is 0 Å². The van der Waals surface area contributed by atoms with E-state index in [4.69, 9.17) is 4.74 Å². The van der Waals surface area contributed by atoms with Crippen LogP contribution in [0.1, 0.15) is 69.9 Å². The van der Waals surface area contributed by atoms with E-state index in [9.17, 15) is 14.9 Å². The molecule has 1 aliphatic carbocycles. The molecular formula is C28H34N2O3. The summed E-state index contributed by atoms with van der Waals surface area (Å²) < 4.78 is 5.20. The molecule has 0 N–H and O–H groups in total. The minimum absolute atomic E-state index is 0.0479. The number of carbonyl (C=O) groups excluding carboxylic acids is 2. The molecule has 0 spiro atoms. The summed E-state index contributed by atoms with van der Waals surface area (Å²) in [5.74, 6) is 0.0386. The van der Waals surface area contributed by atoms with E-state index in [0.717, 1.165) is 55.2 Å². The van der Waals surface area contributed by atoms with Gasteiger partial charge < -0.3 is 9.64 Å². The van der Waals surface area contributed by atoms with Crippen molar-refractivity contribution in [1.82, 2.24) is 4.90 Å². The van der Waals surface area contributed by atoms with Crippen LogP contribution >= 0.6 is 0 Å². The maximum atomic E-state index is 13.1. The van der Waals surface area contributed by atoms with Gasteiger partial charge >= 0.3 is 5.97 Å². The molecule has 2 aromatic rings. The lowest BCUT2D eigenvalue weighted by molar-refractivity contribution is -0.149. The fourth-order valence-corrected chi connectivity index (χ4v) is 4.59. The molecule has 0 bridgehead atoms. The quantitative estimate of drug-likeness (QED) is 0.452. The molecule has 1 fully saturated rings. The number of unbranched alkanes of at least 4 members (excludes halogenated alkanes) is 1. The van der Waals surface area contributed by atoms with Crippen molar-refractivity contribution >= 4 is 11.9 Å². The van der Waals surface area contributed by atoms with Crippen LogP contribution in [0.2, 0.25) is 0 Å². The molecular weight excluding hydrogens is 412 g/mol. The Bertz CT molecular complexity index is 969. The van der Waals surface area contributed by atoms with Crippen molar-refractivity contribution in [2.75, 3.05) is 6.61 Å². The van der Waals surface area contributed by atoms with Crippen LogP contribution in [0.3, 0.4) is 0 Å². The summed E-state index contributed by atoms with van der Waals surface area (Å²) in [6.45, 7) is 4.91. The summed E-state index contributed by atoms with van der Waals surface area (Å²) in [5, 5.41) is 9.39. The molecule has 1 aliphatic rings. The number of amides is 1. The topological polar surface area (TPSA) is 70.4 Å². The molecule has 5 heteroatoms. The molecule has 0 unspecified atom stereocenters. The first-order valence-corrected chi connectivity index (χ1v) is 12.1. The van der Waals surface area contributed by atoms with Gasteiger partial charge in [0.25, 0.3) is 0 Å².